The van der Waals surface area contributed by atoms with E-state index in [0.29, 0.717) is 18.8 Å². The molecule has 0 spiro atoms. The Morgan fingerprint density at radius 3 is 2.54 bits per heavy atom. The molecule has 2 aliphatic carbocycles. The largest absolute Gasteiger partial charge is 0.381 e. The van der Waals surface area contributed by atoms with Gasteiger partial charge >= 0.3 is 0 Å². The molecule has 0 unspecified atom stereocenters. The van der Waals surface area contributed by atoms with E-state index >= 15 is 0 Å². The molecular weight excluding hydrogens is 415 g/mol. The first-order valence-corrected chi connectivity index (χ1v) is 10.1. The zero-order valence-corrected chi connectivity index (χ0v) is 17.8. The van der Waals surface area contributed by atoms with Crippen LogP contribution in [0.1, 0.15) is 66.2 Å². The van der Waals surface area contributed by atoms with E-state index in [4.69, 9.17) is 4.74 Å². The average molecular weight is 446 g/mol. The van der Waals surface area contributed by atoms with Gasteiger partial charge in [0.15, 0.2) is 5.78 Å². The van der Waals surface area contributed by atoms with Gasteiger partial charge in [0.2, 0.25) is 0 Å². The van der Waals surface area contributed by atoms with Crippen LogP contribution >= 0.6 is 22.6 Å². The normalized spacial score (nSPS) is 35.0. The molecule has 0 aromatic rings. The summed E-state index contributed by atoms with van der Waals surface area (Å²) in [6.45, 7) is 8.66. The van der Waals surface area contributed by atoms with Crippen LogP contribution in [0.3, 0.4) is 0 Å². The van der Waals surface area contributed by atoms with Gasteiger partial charge in [0.05, 0.1) is 6.10 Å². The molecule has 2 aliphatic rings. The van der Waals surface area contributed by atoms with E-state index in [1.165, 1.54) is 12.8 Å². The Kier molecular flexibility index (Phi) is 6.33. The highest BCUT2D eigenvalue weighted by Crippen LogP contribution is 2.54. The quantitative estimate of drug-likeness (QED) is 0.436. The number of carbonyl (C=O) groups excluding carboxylic acids is 2. The summed E-state index contributed by atoms with van der Waals surface area (Å²) in [4.78, 5) is 23.8. The van der Waals surface area contributed by atoms with Crippen LogP contribution in [-0.2, 0) is 14.3 Å². The Labute approximate surface area is 160 Å². The third-order valence-electron chi connectivity index (χ3n) is 6.67. The number of halogens is 1. The monoisotopic (exact) mass is 446 g/mol. The molecule has 0 aromatic carbocycles. The van der Waals surface area contributed by atoms with E-state index in [9.17, 15) is 9.59 Å². The second-order valence-electron chi connectivity index (χ2n) is 8.47. The molecule has 136 valence electrons. The molecule has 1 saturated carbocycles. The molecule has 0 saturated heterocycles. The molecular formula is C20H31IO3. The van der Waals surface area contributed by atoms with Crippen LogP contribution in [0.2, 0.25) is 0 Å². The second kappa shape index (κ2) is 7.56. The summed E-state index contributed by atoms with van der Waals surface area (Å²) in [7, 11) is 1.78. The fourth-order valence-electron chi connectivity index (χ4n) is 4.94. The molecule has 24 heavy (non-hydrogen) atoms. The lowest BCUT2D eigenvalue weighted by atomic mass is 9.57. The smallest absolute Gasteiger partial charge is 0.159 e. The lowest BCUT2D eigenvalue weighted by Gasteiger charge is -2.50. The maximum Gasteiger partial charge on any atom is 0.159 e. The van der Waals surface area contributed by atoms with Gasteiger partial charge in [0.1, 0.15) is 6.29 Å². The minimum atomic E-state index is -0.0707. The number of allylic oxidation sites excluding steroid dienone is 2. The van der Waals surface area contributed by atoms with Gasteiger partial charge in [-0.2, -0.15) is 0 Å². The molecule has 2 rings (SSSR count). The molecule has 0 radical (unpaired) electrons. The number of aldehydes is 1. The van der Waals surface area contributed by atoms with Crippen molar-refractivity contribution in [3.05, 3.63) is 9.15 Å². The topological polar surface area (TPSA) is 43.4 Å². The number of rotatable bonds is 5. The Bertz CT molecular complexity index is 537. The molecule has 3 nitrogen and oxygen atoms in total. The molecule has 0 aromatic heterocycles. The second-order valence-corrected chi connectivity index (χ2v) is 9.55. The van der Waals surface area contributed by atoms with Crippen molar-refractivity contribution in [2.45, 2.75) is 72.3 Å². The van der Waals surface area contributed by atoms with Crippen molar-refractivity contribution in [1.29, 1.82) is 0 Å². The van der Waals surface area contributed by atoms with Crippen LogP contribution in [-0.4, -0.2) is 25.3 Å². The van der Waals surface area contributed by atoms with Gasteiger partial charge in [-0.3, -0.25) is 4.79 Å². The summed E-state index contributed by atoms with van der Waals surface area (Å²) >= 11 is 2.35. The third kappa shape index (κ3) is 3.50. The summed E-state index contributed by atoms with van der Waals surface area (Å²) in [5.74, 6) is 0.750. The van der Waals surface area contributed by atoms with Gasteiger partial charge < -0.3 is 9.53 Å². The van der Waals surface area contributed by atoms with E-state index in [-0.39, 0.29) is 28.6 Å². The molecule has 0 amide bonds. The van der Waals surface area contributed by atoms with Crippen molar-refractivity contribution < 1.29 is 14.3 Å². The van der Waals surface area contributed by atoms with E-state index in [2.05, 4.69) is 43.4 Å². The minimum absolute atomic E-state index is 0.0125. The fraction of sp³-hybridized carbons (Fsp3) is 0.800. The Morgan fingerprint density at radius 2 is 1.96 bits per heavy atom. The molecule has 4 heteroatoms. The molecule has 4 atom stereocenters. The van der Waals surface area contributed by atoms with Gasteiger partial charge in [-0.1, -0.05) is 33.6 Å². The van der Waals surface area contributed by atoms with Crippen LogP contribution < -0.4 is 0 Å². The highest BCUT2D eigenvalue weighted by molar-refractivity contribution is 14.1. The van der Waals surface area contributed by atoms with Crippen LogP contribution in [0, 0.1) is 22.7 Å². The SMILES string of the molecule is CO[C@H]([C@@H]1CC(=O)C(C)=C(I)C1(C)C)[C@@H]1CCCC[C@@]1(C)CC=O. The number of hydrogen-bond donors (Lipinski definition) is 0. The first-order valence-electron chi connectivity index (χ1n) is 9.05. The van der Waals surface area contributed by atoms with Crippen molar-refractivity contribution >= 4 is 34.7 Å². The average Bonchev–Trinajstić information content (AvgIpc) is 2.53. The molecule has 1 fully saturated rings. The molecule has 0 aliphatic heterocycles. The highest BCUT2D eigenvalue weighted by atomic mass is 127. The highest BCUT2D eigenvalue weighted by Gasteiger charge is 2.50. The molecule has 0 N–H and O–H groups in total. The Hall–Kier alpha value is -0.230. The van der Waals surface area contributed by atoms with Crippen LogP contribution in [0.5, 0.6) is 0 Å². The number of carbonyl (C=O) groups is 2. The lowest BCUT2D eigenvalue weighted by Crippen LogP contribution is -2.49. The van der Waals surface area contributed by atoms with Crippen molar-refractivity contribution in [2.75, 3.05) is 7.11 Å². The summed E-state index contributed by atoms with van der Waals surface area (Å²) in [5, 5.41) is 0. The zero-order valence-electron chi connectivity index (χ0n) is 15.7. The third-order valence-corrected chi connectivity index (χ3v) is 8.87. The summed E-state index contributed by atoms with van der Waals surface area (Å²) in [6.07, 6.45) is 6.75. The lowest BCUT2D eigenvalue weighted by molar-refractivity contribution is -0.128. The number of ether oxygens (including phenoxy) is 1. The van der Waals surface area contributed by atoms with E-state index in [1.807, 2.05) is 6.92 Å². The number of hydrogen-bond acceptors (Lipinski definition) is 3. The predicted molar refractivity (Wildman–Crippen MR) is 105 cm³/mol. The van der Waals surface area contributed by atoms with Crippen molar-refractivity contribution in [1.82, 2.24) is 0 Å². The van der Waals surface area contributed by atoms with Crippen molar-refractivity contribution in [2.24, 2.45) is 22.7 Å². The van der Waals surface area contributed by atoms with E-state index in [1.54, 1.807) is 7.11 Å². The number of methoxy groups -OCH3 is 1. The zero-order chi connectivity index (χ0) is 18.1. The minimum Gasteiger partial charge on any atom is -0.381 e. The summed E-state index contributed by atoms with van der Waals surface area (Å²) < 4.78 is 7.21. The van der Waals surface area contributed by atoms with Crippen LogP contribution in [0.15, 0.2) is 9.15 Å². The Morgan fingerprint density at radius 1 is 1.29 bits per heavy atom. The summed E-state index contributed by atoms with van der Waals surface area (Å²) in [5.41, 5.74) is 0.825. The van der Waals surface area contributed by atoms with Gasteiger partial charge in [0, 0.05) is 40.4 Å². The maximum atomic E-state index is 12.5. The van der Waals surface area contributed by atoms with Gasteiger partial charge in [-0.25, -0.2) is 0 Å². The first-order chi connectivity index (χ1) is 11.2. The first kappa shape index (κ1) is 20.1. The fourth-order valence-corrected chi connectivity index (χ4v) is 5.64. The molecule has 0 bridgehead atoms. The molecule has 0 heterocycles. The predicted octanol–water partition coefficient (Wildman–Crippen LogP) is 5.11. The number of ketones is 1. The number of Topliss-reactive ketones (excluding diaryl/α,β-unsaturated/α-hetero) is 1. The summed E-state index contributed by atoms with van der Waals surface area (Å²) in [6, 6.07) is 0. The van der Waals surface area contributed by atoms with Gasteiger partial charge in [0.25, 0.3) is 0 Å². The van der Waals surface area contributed by atoms with E-state index < -0.39 is 0 Å². The van der Waals surface area contributed by atoms with Crippen LogP contribution in [0.4, 0.5) is 0 Å². The van der Waals surface area contributed by atoms with Gasteiger partial charge in [-0.05, 0) is 53.7 Å². The van der Waals surface area contributed by atoms with Crippen molar-refractivity contribution in [3.8, 4) is 0 Å². The van der Waals surface area contributed by atoms with Crippen molar-refractivity contribution in [3.63, 3.8) is 0 Å². The van der Waals surface area contributed by atoms with Gasteiger partial charge in [-0.15, -0.1) is 0 Å². The maximum absolute atomic E-state index is 12.5. The Balaban J connectivity index is 2.40. The van der Waals surface area contributed by atoms with E-state index in [0.717, 1.165) is 28.3 Å². The van der Waals surface area contributed by atoms with Crippen LogP contribution in [0.25, 0.3) is 0 Å². The standard InChI is InChI=1S/C20H31IO3/c1-13-16(23)12-15(19(2,3)18(13)21)17(24-5)14-8-6-7-9-20(14,4)10-11-22/h11,14-15,17H,6-10,12H2,1-5H3/t14-,15-,17-,20-/m0/s1.